The van der Waals surface area contributed by atoms with E-state index in [9.17, 15) is 0 Å². The molecule has 0 bridgehead atoms. The Morgan fingerprint density at radius 2 is 2.19 bits per heavy atom. The topological polar surface area (TPSA) is 46.8 Å². The second-order valence-corrected chi connectivity index (χ2v) is 11.0. The molecule has 0 spiro atoms. The highest BCUT2D eigenvalue weighted by molar-refractivity contribution is 7.99. The molecule has 31 heavy (non-hydrogen) atoms. The molecule has 1 aromatic carbocycles. The van der Waals surface area contributed by atoms with E-state index in [0.29, 0.717) is 5.41 Å². The molecule has 3 aromatic rings. The third-order valence-corrected chi connectivity index (χ3v) is 8.81. The Morgan fingerprint density at radius 3 is 3.00 bits per heavy atom. The van der Waals surface area contributed by atoms with E-state index in [4.69, 9.17) is 4.98 Å². The maximum Gasteiger partial charge on any atom is 0.191 e. The van der Waals surface area contributed by atoms with Crippen LogP contribution in [0.25, 0.3) is 15.8 Å². The maximum absolute atomic E-state index is 4.71. The van der Waals surface area contributed by atoms with Crippen LogP contribution in [0.3, 0.4) is 0 Å². The maximum atomic E-state index is 4.71. The van der Waals surface area contributed by atoms with Gasteiger partial charge in [-0.05, 0) is 69.3 Å². The summed E-state index contributed by atoms with van der Waals surface area (Å²) >= 11 is 3.61. The van der Waals surface area contributed by atoms with Crippen LogP contribution in [0.4, 0.5) is 0 Å². The van der Waals surface area contributed by atoms with Crippen LogP contribution < -0.4 is 0 Å². The summed E-state index contributed by atoms with van der Waals surface area (Å²) in [7, 11) is 2.06. The number of rotatable bonds is 7. The molecule has 0 amide bonds. The summed E-state index contributed by atoms with van der Waals surface area (Å²) in [4.78, 5) is 7.38. The molecule has 3 heterocycles. The Labute approximate surface area is 198 Å². The molecule has 0 N–H and O–H groups in total. The molecule has 1 aliphatic carbocycles. The first-order valence-electron chi connectivity index (χ1n) is 10.8. The normalized spacial score (nSPS) is 23.2. The fourth-order valence-corrected chi connectivity index (χ4v) is 6.56. The van der Waals surface area contributed by atoms with Gasteiger partial charge in [0.15, 0.2) is 11.0 Å². The summed E-state index contributed by atoms with van der Waals surface area (Å²) in [5, 5.41) is 10.9. The van der Waals surface area contributed by atoms with Gasteiger partial charge in [-0.2, -0.15) is 0 Å². The predicted molar refractivity (Wildman–Crippen MR) is 133 cm³/mol. The minimum Gasteiger partial charge on any atom is -0.305 e. The Balaban J connectivity index is 0.00000231. The average molecular weight is 476 g/mol. The summed E-state index contributed by atoms with van der Waals surface area (Å²) in [6, 6.07) is 7.00. The standard InChI is InChI=1S/C23H29N5S2.ClH/c1-5-15(2)21-25-26-22(27(21)4)29-10-6-9-28-13-18-12-23(18,14-28)17-7-8-20-19(11-17)24-16(3)30-20;/h5,7-8,11,18H,6,9-10,12-14H2,1-4H3;1H/b15-5+;/t18-,23+;/m1./s1. The van der Waals surface area contributed by atoms with E-state index < -0.39 is 0 Å². The molecule has 5 rings (SSSR count). The van der Waals surface area contributed by atoms with Crippen LogP contribution >= 0.6 is 35.5 Å². The number of aryl methyl sites for hydroxylation is 1. The first-order valence-corrected chi connectivity index (χ1v) is 12.6. The Bertz CT molecular complexity index is 1120. The number of likely N-dealkylation sites (tertiary alicyclic amines) is 1. The molecule has 2 atom stereocenters. The van der Waals surface area contributed by atoms with E-state index in [1.165, 1.54) is 53.8 Å². The molecule has 2 fully saturated rings. The molecule has 2 aliphatic rings. The lowest BCUT2D eigenvalue weighted by Crippen LogP contribution is -2.27. The van der Waals surface area contributed by atoms with Crippen LogP contribution in [0.2, 0.25) is 0 Å². The Hall–Kier alpha value is -1.41. The number of nitrogens with zero attached hydrogens (tertiary/aromatic N) is 5. The number of benzene rings is 1. The van der Waals surface area contributed by atoms with Crippen LogP contribution in [0.5, 0.6) is 0 Å². The van der Waals surface area contributed by atoms with Crippen molar-refractivity contribution in [3.63, 3.8) is 0 Å². The van der Waals surface area contributed by atoms with E-state index >= 15 is 0 Å². The third kappa shape index (κ3) is 4.17. The lowest BCUT2D eigenvalue weighted by molar-refractivity contribution is 0.299. The SMILES string of the molecule is C/C=C(\C)c1nnc(SCCCN2C[C@H]3C[C@@]3(c3ccc4sc(C)nc4c3)C2)n1C.Cl. The van der Waals surface area contributed by atoms with Crippen LogP contribution in [0.15, 0.2) is 29.4 Å². The fraction of sp³-hybridized carbons (Fsp3) is 0.522. The molecular weight excluding hydrogens is 446 g/mol. The smallest absolute Gasteiger partial charge is 0.191 e. The van der Waals surface area contributed by atoms with Crippen molar-refractivity contribution in [3.05, 3.63) is 40.7 Å². The fourth-order valence-electron chi connectivity index (χ4n) is 4.92. The van der Waals surface area contributed by atoms with Gasteiger partial charge in [-0.3, -0.25) is 0 Å². The van der Waals surface area contributed by atoms with Crippen molar-refractivity contribution in [2.24, 2.45) is 13.0 Å². The number of halogens is 1. The second kappa shape index (κ2) is 8.85. The highest BCUT2D eigenvalue weighted by Gasteiger charge is 2.60. The van der Waals surface area contributed by atoms with Gasteiger partial charge in [0.1, 0.15) is 0 Å². The number of thioether (sulfide) groups is 1. The molecule has 1 saturated carbocycles. The van der Waals surface area contributed by atoms with Gasteiger partial charge < -0.3 is 9.47 Å². The summed E-state index contributed by atoms with van der Waals surface area (Å²) in [5.74, 6) is 2.88. The van der Waals surface area contributed by atoms with E-state index in [1.54, 1.807) is 11.3 Å². The van der Waals surface area contributed by atoms with E-state index in [1.807, 2.05) is 18.7 Å². The number of aromatic nitrogens is 4. The number of hydrogen-bond donors (Lipinski definition) is 0. The highest BCUT2D eigenvalue weighted by Crippen LogP contribution is 2.59. The zero-order chi connectivity index (χ0) is 20.9. The van der Waals surface area contributed by atoms with Gasteiger partial charge in [0.05, 0.1) is 15.2 Å². The van der Waals surface area contributed by atoms with Gasteiger partial charge in [0.2, 0.25) is 0 Å². The van der Waals surface area contributed by atoms with Crippen molar-refractivity contribution in [2.75, 3.05) is 25.4 Å². The van der Waals surface area contributed by atoms with E-state index in [2.05, 4.69) is 64.8 Å². The zero-order valence-corrected chi connectivity index (χ0v) is 21.0. The molecule has 166 valence electrons. The average Bonchev–Trinajstić information content (AvgIpc) is 3.03. The first-order chi connectivity index (χ1) is 14.5. The molecule has 1 saturated heterocycles. The summed E-state index contributed by atoms with van der Waals surface area (Å²) in [6.07, 6.45) is 4.61. The van der Waals surface area contributed by atoms with Gasteiger partial charge in [-0.15, -0.1) is 33.9 Å². The Morgan fingerprint density at radius 1 is 1.35 bits per heavy atom. The third-order valence-electron chi connectivity index (χ3n) is 6.76. The minimum atomic E-state index is 0. The number of hydrogen-bond acceptors (Lipinski definition) is 6. The summed E-state index contributed by atoms with van der Waals surface area (Å²) < 4.78 is 3.42. The molecule has 0 unspecified atom stereocenters. The van der Waals surface area contributed by atoms with Crippen molar-refractivity contribution in [3.8, 4) is 0 Å². The summed E-state index contributed by atoms with van der Waals surface area (Å²) in [5.41, 5.74) is 4.25. The lowest BCUT2D eigenvalue weighted by Gasteiger charge is -2.21. The predicted octanol–water partition coefficient (Wildman–Crippen LogP) is 5.33. The van der Waals surface area contributed by atoms with Crippen molar-refractivity contribution in [1.82, 2.24) is 24.6 Å². The largest absolute Gasteiger partial charge is 0.305 e. The highest BCUT2D eigenvalue weighted by atomic mass is 35.5. The summed E-state index contributed by atoms with van der Waals surface area (Å²) in [6.45, 7) is 9.84. The van der Waals surface area contributed by atoms with Crippen LogP contribution in [0, 0.1) is 12.8 Å². The van der Waals surface area contributed by atoms with Crippen LogP contribution in [0.1, 0.15) is 43.1 Å². The zero-order valence-electron chi connectivity index (χ0n) is 18.6. The van der Waals surface area contributed by atoms with Gasteiger partial charge in [0.25, 0.3) is 0 Å². The number of thiazole rings is 1. The number of piperidine rings is 1. The minimum absolute atomic E-state index is 0. The van der Waals surface area contributed by atoms with Gasteiger partial charge >= 0.3 is 0 Å². The van der Waals surface area contributed by atoms with Gasteiger partial charge in [0, 0.05) is 31.3 Å². The molecular formula is C23H30ClN5S2. The van der Waals surface area contributed by atoms with Gasteiger partial charge in [-0.1, -0.05) is 23.9 Å². The van der Waals surface area contributed by atoms with Crippen LogP contribution in [-0.2, 0) is 12.5 Å². The van der Waals surface area contributed by atoms with Crippen molar-refractivity contribution < 1.29 is 0 Å². The number of allylic oxidation sites excluding steroid dienone is 2. The van der Waals surface area contributed by atoms with Crippen molar-refractivity contribution >= 4 is 51.3 Å². The lowest BCUT2D eigenvalue weighted by atomic mass is 9.95. The monoisotopic (exact) mass is 475 g/mol. The van der Waals surface area contributed by atoms with Crippen LogP contribution in [-0.4, -0.2) is 50.0 Å². The Kier molecular flexibility index (Phi) is 6.50. The molecule has 5 nitrogen and oxygen atoms in total. The second-order valence-electron chi connectivity index (χ2n) is 8.75. The number of fused-ring (bicyclic) bond motifs is 2. The van der Waals surface area contributed by atoms with E-state index in [0.717, 1.165) is 27.7 Å². The van der Waals surface area contributed by atoms with Crippen molar-refractivity contribution in [2.45, 2.75) is 44.2 Å². The van der Waals surface area contributed by atoms with E-state index in [-0.39, 0.29) is 12.4 Å². The first kappa shape index (κ1) is 22.8. The molecule has 0 radical (unpaired) electrons. The molecule has 1 aliphatic heterocycles. The molecule has 2 aromatic heterocycles. The van der Waals surface area contributed by atoms with Gasteiger partial charge in [-0.25, -0.2) is 4.98 Å². The molecule has 8 heteroatoms. The van der Waals surface area contributed by atoms with Crippen molar-refractivity contribution in [1.29, 1.82) is 0 Å². The quantitative estimate of drug-likeness (QED) is 0.341.